The minimum Gasteiger partial charge on any atom is -0.345 e. The van der Waals surface area contributed by atoms with Gasteiger partial charge in [-0.25, -0.2) is 9.49 Å². The summed E-state index contributed by atoms with van der Waals surface area (Å²) in [4.78, 5) is 34.5. The van der Waals surface area contributed by atoms with Crippen LogP contribution in [0.25, 0.3) is 0 Å². The van der Waals surface area contributed by atoms with E-state index in [4.69, 9.17) is 16.6 Å². The quantitative estimate of drug-likeness (QED) is 0.277. The molecule has 1 atom stereocenters. The van der Waals surface area contributed by atoms with Gasteiger partial charge in [-0.15, -0.1) is 5.10 Å². The third kappa shape index (κ3) is 6.85. The first-order chi connectivity index (χ1) is 20.9. The summed E-state index contributed by atoms with van der Waals surface area (Å²) in [7, 11) is 0. The normalized spacial score (nSPS) is 21.2. The van der Waals surface area contributed by atoms with Crippen LogP contribution in [0.15, 0.2) is 47.5 Å². The number of hydrogen-bond donors (Lipinski definition) is 2. The Morgan fingerprint density at radius 1 is 1.16 bits per heavy atom. The molecule has 0 bridgehead atoms. The summed E-state index contributed by atoms with van der Waals surface area (Å²) in [6, 6.07) is 11.6. The maximum Gasteiger partial charge on any atom is 0.275 e. The van der Waals surface area contributed by atoms with Gasteiger partial charge >= 0.3 is 0 Å². The Morgan fingerprint density at radius 2 is 1.86 bits per heavy atom. The summed E-state index contributed by atoms with van der Waals surface area (Å²) < 4.78 is 14.1. The van der Waals surface area contributed by atoms with E-state index in [1.165, 1.54) is 12.1 Å². The number of aromatic amines is 1. The number of aromatic nitrogens is 4. The number of halogens is 2. The second kappa shape index (κ2) is 12.8. The molecular weight excluding hydrogens is 581 g/mol. The van der Waals surface area contributed by atoms with E-state index in [0.717, 1.165) is 44.1 Å². The molecule has 9 nitrogen and oxygen atoms in total. The highest BCUT2D eigenvalue weighted by Gasteiger charge is 2.52. The van der Waals surface area contributed by atoms with Crippen molar-refractivity contribution < 1.29 is 14.0 Å². The van der Waals surface area contributed by atoms with E-state index in [2.05, 4.69) is 60.6 Å². The molecule has 234 valence electrons. The summed E-state index contributed by atoms with van der Waals surface area (Å²) in [6.45, 7) is 11.3. The highest BCUT2D eigenvalue weighted by molar-refractivity contribution is 6.47. The van der Waals surface area contributed by atoms with Crippen molar-refractivity contribution in [1.29, 1.82) is 0 Å². The predicted octanol–water partition coefficient (Wildman–Crippen LogP) is 6.66. The smallest absolute Gasteiger partial charge is 0.275 e. The van der Waals surface area contributed by atoms with Crippen LogP contribution in [0.2, 0.25) is 5.02 Å². The molecule has 2 N–H and O–H groups in total. The summed E-state index contributed by atoms with van der Waals surface area (Å²) in [6.07, 6.45) is 5.04. The van der Waals surface area contributed by atoms with Gasteiger partial charge in [0.25, 0.3) is 11.8 Å². The van der Waals surface area contributed by atoms with Gasteiger partial charge in [-0.3, -0.25) is 14.6 Å². The zero-order valence-electron chi connectivity index (χ0n) is 26.0. The number of aliphatic imine (C=N–C) groups is 1. The molecule has 44 heavy (non-hydrogen) atoms. The number of benzene rings is 2. The standard InChI is InChI=1S/C33H41ClFN7O2/c1-20(2)21-12-16-33(17-13-21)37-29(24-10-11-26(35)25(34)18-24)31(44)42(33)27(14-15-32(3,4)5)22-6-8-23(9-7-22)30(43)36-19-28-38-40-41-39-28/h6-11,18,20-21,27H,12-17,19H2,1-5H3,(H,36,43)(H,38,39,40,41)/t21?,27-,33?/m1/s1. The summed E-state index contributed by atoms with van der Waals surface area (Å²) >= 11 is 6.16. The predicted molar refractivity (Wildman–Crippen MR) is 168 cm³/mol. The lowest BCUT2D eigenvalue weighted by Gasteiger charge is -2.46. The minimum absolute atomic E-state index is 0.0348. The van der Waals surface area contributed by atoms with Crippen molar-refractivity contribution in [2.75, 3.05) is 0 Å². The Labute approximate surface area is 263 Å². The number of nitrogens with one attached hydrogen (secondary N) is 2. The molecule has 3 aromatic rings. The van der Waals surface area contributed by atoms with Crippen molar-refractivity contribution in [2.24, 2.45) is 22.2 Å². The first-order valence-corrected chi connectivity index (χ1v) is 15.7. The highest BCUT2D eigenvalue weighted by atomic mass is 35.5. The third-order valence-electron chi connectivity index (χ3n) is 9.00. The van der Waals surface area contributed by atoms with Gasteiger partial charge in [0, 0.05) is 11.1 Å². The van der Waals surface area contributed by atoms with Crippen LogP contribution >= 0.6 is 11.6 Å². The van der Waals surface area contributed by atoms with E-state index in [1.54, 1.807) is 18.2 Å². The molecule has 0 radical (unpaired) electrons. The Hall–Kier alpha value is -3.66. The molecule has 0 unspecified atom stereocenters. The largest absolute Gasteiger partial charge is 0.345 e. The number of H-pyrrole nitrogens is 1. The Bertz CT molecular complexity index is 1510. The second-order valence-corrected chi connectivity index (χ2v) is 14.0. The molecule has 1 aliphatic heterocycles. The molecule has 1 fully saturated rings. The molecule has 5 rings (SSSR count). The molecule has 0 saturated heterocycles. The van der Waals surface area contributed by atoms with Crippen LogP contribution in [-0.2, 0) is 11.3 Å². The molecular formula is C33H41ClFN7O2. The van der Waals surface area contributed by atoms with E-state index in [1.807, 2.05) is 17.0 Å². The van der Waals surface area contributed by atoms with Gasteiger partial charge in [-0.1, -0.05) is 58.4 Å². The fraction of sp³-hybridized carbons (Fsp3) is 0.515. The topological polar surface area (TPSA) is 116 Å². The first-order valence-electron chi connectivity index (χ1n) is 15.4. The SMILES string of the molecule is CC(C)C1CCC2(CC1)N=C(c1ccc(F)c(Cl)c1)C(=O)N2[C@H](CCC(C)(C)C)c1ccc(C(=O)NCc2nnn[nH]2)cc1. The van der Waals surface area contributed by atoms with Gasteiger partial charge < -0.3 is 10.2 Å². The van der Waals surface area contributed by atoms with Crippen LogP contribution in [0.3, 0.4) is 0 Å². The highest BCUT2D eigenvalue weighted by Crippen LogP contribution is 2.48. The van der Waals surface area contributed by atoms with Crippen LogP contribution in [0.5, 0.6) is 0 Å². The van der Waals surface area contributed by atoms with E-state index < -0.39 is 11.5 Å². The van der Waals surface area contributed by atoms with Gasteiger partial charge in [0.15, 0.2) is 5.82 Å². The van der Waals surface area contributed by atoms with Crippen LogP contribution < -0.4 is 5.32 Å². The van der Waals surface area contributed by atoms with Crippen molar-refractivity contribution in [3.63, 3.8) is 0 Å². The lowest BCUT2D eigenvalue weighted by Crippen LogP contribution is -2.51. The third-order valence-corrected chi connectivity index (χ3v) is 9.29. The van der Waals surface area contributed by atoms with Crippen LogP contribution in [0.1, 0.15) is 106 Å². The molecule has 1 saturated carbocycles. The second-order valence-electron chi connectivity index (χ2n) is 13.6. The van der Waals surface area contributed by atoms with E-state index >= 15 is 0 Å². The average Bonchev–Trinajstić information content (AvgIpc) is 3.60. The van der Waals surface area contributed by atoms with Crippen molar-refractivity contribution in [1.82, 2.24) is 30.8 Å². The zero-order valence-corrected chi connectivity index (χ0v) is 26.8. The number of amides is 2. The number of carbonyl (C=O) groups is 2. The molecule has 2 aromatic carbocycles. The molecule has 11 heteroatoms. The van der Waals surface area contributed by atoms with Crippen molar-refractivity contribution >= 4 is 29.1 Å². The van der Waals surface area contributed by atoms with Gasteiger partial charge in [-0.2, -0.15) is 0 Å². The number of tetrazole rings is 1. The van der Waals surface area contributed by atoms with Crippen molar-refractivity contribution in [3.8, 4) is 0 Å². The Morgan fingerprint density at radius 3 is 2.45 bits per heavy atom. The molecule has 1 aromatic heterocycles. The van der Waals surface area contributed by atoms with Crippen molar-refractivity contribution in [3.05, 3.63) is 75.8 Å². The first kappa shape index (κ1) is 31.8. The van der Waals surface area contributed by atoms with Gasteiger partial charge in [0.1, 0.15) is 17.2 Å². The minimum atomic E-state index is -0.706. The maximum atomic E-state index is 14.5. The van der Waals surface area contributed by atoms with Crippen LogP contribution in [-0.4, -0.2) is 48.7 Å². The number of nitrogens with zero attached hydrogens (tertiary/aromatic N) is 5. The molecule has 1 aliphatic carbocycles. The fourth-order valence-corrected chi connectivity index (χ4v) is 6.57. The lowest BCUT2D eigenvalue weighted by molar-refractivity contribution is -0.133. The summed E-state index contributed by atoms with van der Waals surface area (Å²) in [5.74, 6) is 0.620. The van der Waals surface area contributed by atoms with E-state index in [9.17, 15) is 14.0 Å². The van der Waals surface area contributed by atoms with Crippen LogP contribution in [0, 0.1) is 23.1 Å². The number of carbonyl (C=O) groups excluding carboxylic acids is 2. The maximum absolute atomic E-state index is 14.5. The van der Waals surface area contributed by atoms with Gasteiger partial charge in [-0.05, 0) is 102 Å². The Kier molecular flexibility index (Phi) is 9.20. The summed E-state index contributed by atoms with van der Waals surface area (Å²) in [5.41, 5.74) is 1.62. The zero-order chi connectivity index (χ0) is 31.6. The molecule has 2 aliphatic rings. The average molecular weight is 622 g/mol. The van der Waals surface area contributed by atoms with E-state index in [0.29, 0.717) is 34.5 Å². The lowest BCUT2D eigenvalue weighted by atomic mass is 9.75. The number of hydrogen-bond acceptors (Lipinski definition) is 6. The van der Waals surface area contributed by atoms with Crippen LogP contribution in [0.4, 0.5) is 4.39 Å². The van der Waals surface area contributed by atoms with Crippen molar-refractivity contribution in [2.45, 2.75) is 91.4 Å². The summed E-state index contributed by atoms with van der Waals surface area (Å²) in [5, 5.41) is 16.3. The number of rotatable bonds is 9. The van der Waals surface area contributed by atoms with Gasteiger partial charge in [0.05, 0.1) is 17.6 Å². The molecule has 2 heterocycles. The molecule has 1 spiro atoms. The van der Waals surface area contributed by atoms with Gasteiger partial charge in [0.2, 0.25) is 0 Å². The fourth-order valence-electron chi connectivity index (χ4n) is 6.39. The molecule has 2 amide bonds. The monoisotopic (exact) mass is 621 g/mol. The van der Waals surface area contributed by atoms with E-state index in [-0.39, 0.29) is 34.8 Å². The Balaban J connectivity index is 1.49.